The van der Waals surface area contributed by atoms with E-state index in [2.05, 4.69) is 4.98 Å². The number of carbonyl (C=O) groups is 2. The molecular weight excluding hydrogens is 326 g/mol. The molecule has 2 heterocycles. The zero-order valence-corrected chi connectivity index (χ0v) is 14.0. The number of pyridine rings is 1. The highest BCUT2D eigenvalue weighted by Crippen LogP contribution is 2.18. The molecule has 25 heavy (non-hydrogen) atoms. The maximum absolute atomic E-state index is 12.8. The Morgan fingerprint density at radius 3 is 2.76 bits per heavy atom. The van der Waals surface area contributed by atoms with Gasteiger partial charge in [0.25, 0.3) is 5.91 Å². The van der Waals surface area contributed by atoms with Crippen molar-refractivity contribution in [3.8, 4) is 5.75 Å². The molecule has 2 aromatic rings. The summed E-state index contributed by atoms with van der Waals surface area (Å²) < 4.78 is 5.13. The molecule has 0 saturated carbocycles. The largest absolute Gasteiger partial charge is 0.497 e. The molecule has 1 unspecified atom stereocenters. The molecule has 1 amide bonds. The minimum absolute atomic E-state index is 0.00514. The van der Waals surface area contributed by atoms with E-state index in [0.717, 1.165) is 0 Å². The highest BCUT2D eigenvalue weighted by molar-refractivity contribution is 5.97. The number of methoxy groups -OCH3 is 1. The summed E-state index contributed by atoms with van der Waals surface area (Å²) in [4.78, 5) is 42.8. The number of nitrogens with zero attached hydrogens (tertiary/aromatic N) is 2. The van der Waals surface area contributed by atoms with E-state index in [1.807, 2.05) is 0 Å². The van der Waals surface area contributed by atoms with Gasteiger partial charge in [-0.15, -0.1) is 0 Å². The SMILES string of the molecule is COc1ccc2[nH]cc(C(=O)N3CCN(C)C(C(=O)O)C3)c(=O)c2c1. The summed E-state index contributed by atoms with van der Waals surface area (Å²) in [6.07, 6.45) is 1.38. The van der Waals surface area contributed by atoms with Crippen LogP contribution in [0.1, 0.15) is 10.4 Å². The number of aliphatic carboxylic acids is 1. The average molecular weight is 345 g/mol. The van der Waals surface area contributed by atoms with Crippen LogP contribution in [-0.2, 0) is 4.79 Å². The number of carboxylic acid groups (broad SMARTS) is 1. The van der Waals surface area contributed by atoms with Crippen LogP contribution in [0.5, 0.6) is 5.75 Å². The van der Waals surface area contributed by atoms with E-state index in [1.165, 1.54) is 18.2 Å². The van der Waals surface area contributed by atoms with Crippen molar-refractivity contribution in [3.63, 3.8) is 0 Å². The van der Waals surface area contributed by atoms with E-state index < -0.39 is 23.3 Å². The van der Waals surface area contributed by atoms with Crippen LogP contribution in [0.15, 0.2) is 29.2 Å². The van der Waals surface area contributed by atoms with Crippen LogP contribution in [-0.4, -0.2) is 71.6 Å². The first kappa shape index (κ1) is 17.0. The van der Waals surface area contributed by atoms with Gasteiger partial charge in [-0.2, -0.15) is 0 Å². The maximum Gasteiger partial charge on any atom is 0.322 e. The number of carboxylic acids is 1. The van der Waals surface area contributed by atoms with Crippen molar-refractivity contribution in [2.75, 3.05) is 33.8 Å². The van der Waals surface area contributed by atoms with E-state index in [9.17, 15) is 19.5 Å². The molecule has 1 aromatic heterocycles. The first-order valence-corrected chi connectivity index (χ1v) is 7.84. The van der Waals surface area contributed by atoms with Gasteiger partial charge in [0.15, 0.2) is 0 Å². The second-order valence-electron chi connectivity index (χ2n) is 6.03. The van der Waals surface area contributed by atoms with Crippen molar-refractivity contribution in [2.24, 2.45) is 0 Å². The molecule has 0 aliphatic carbocycles. The minimum atomic E-state index is -0.989. The molecule has 8 nitrogen and oxygen atoms in total. The van der Waals surface area contributed by atoms with E-state index in [1.54, 1.807) is 30.1 Å². The van der Waals surface area contributed by atoms with Crippen molar-refractivity contribution in [2.45, 2.75) is 6.04 Å². The number of aromatic amines is 1. The Balaban J connectivity index is 1.96. The number of carbonyl (C=O) groups excluding carboxylic acids is 1. The van der Waals surface area contributed by atoms with Crippen molar-refractivity contribution >= 4 is 22.8 Å². The number of fused-ring (bicyclic) bond motifs is 1. The molecule has 1 aliphatic rings. The lowest BCUT2D eigenvalue weighted by atomic mass is 10.1. The van der Waals surface area contributed by atoms with Crippen LogP contribution in [0.3, 0.4) is 0 Å². The zero-order valence-electron chi connectivity index (χ0n) is 14.0. The van der Waals surface area contributed by atoms with Gasteiger partial charge in [0.1, 0.15) is 17.4 Å². The molecular formula is C17H19N3O5. The minimum Gasteiger partial charge on any atom is -0.497 e. The highest BCUT2D eigenvalue weighted by atomic mass is 16.5. The summed E-state index contributed by atoms with van der Waals surface area (Å²) in [5.41, 5.74) is 0.196. The Hall–Kier alpha value is -2.87. The number of likely N-dealkylation sites (N-methyl/N-ethyl adjacent to an activating group) is 1. The van der Waals surface area contributed by atoms with Gasteiger partial charge in [0.05, 0.1) is 7.11 Å². The first-order valence-electron chi connectivity index (χ1n) is 7.84. The predicted octanol–water partition coefficient (Wildman–Crippen LogP) is 0.377. The number of aromatic nitrogens is 1. The molecule has 1 aliphatic heterocycles. The number of amides is 1. The molecule has 3 rings (SSSR count). The Kier molecular flexibility index (Phi) is 4.45. The number of H-pyrrole nitrogens is 1. The maximum atomic E-state index is 12.8. The average Bonchev–Trinajstić information content (AvgIpc) is 2.61. The molecule has 8 heteroatoms. The van der Waals surface area contributed by atoms with Crippen molar-refractivity contribution in [3.05, 3.63) is 40.2 Å². The quantitative estimate of drug-likeness (QED) is 0.834. The van der Waals surface area contributed by atoms with Crippen molar-refractivity contribution in [1.82, 2.24) is 14.8 Å². The first-order chi connectivity index (χ1) is 11.9. The van der Waals surface area contributed by atoms with Crippen LogP contribution in [0.4, 0.5) is 0 Å². The number of hydrogen-bond acceptors (Lipinski definition) is 5. The Bertz CT molecular complexity index is 891. The Morgan fingerprint density at radius 1 is 1.32 bits per heavy atom. The third-order valence-electron chi connectivity index (χ3n) is 4.54. The van der Waals surface area contributed by atoms with Gasteiger partial charge in [-0.3, -0.25) is 19.3 Å². The zero-order chi connectivity index (χ0) is 18.1. The fourth-order valence-electron chi connectivity index (χ4n) is 2.98. The Labute approximate surface area is 143 Å². The van der Waals surface area contributed by atoms with Gasteiger partial charge in [-0.25, -0.2) is 0 Å². The van der Waals surface area contributed by atoms with Gasteiger partial charge >= 0.3 is 5.97 Å². The van der Waals surface area contributed by atoms with Crippen molar-refractivity contribution < 1.29 is 19.4 Å². The number of ether oxygens (including phenoxy) is 1. The van der Waals surface area contributed by atoms with Crippen LogP contribution in [0.25, 0.3) is 10.9 Å². The normalized spacial score (nSPS) is 18.3. The van der Waals surface area contributed by atoms with E-state index in [0.29, 0.717) is 29.7 Å². The predicted molar refractivity (Wildman–Crippen MR) is 91.1 cm³/mol. The number of piperazine rings is 1. The van der Waals surface area contributed by atoms with E-state index in [4.69, 9.17) is 4.74 Å². The number of benzene rings is 1. The van der Waals surface area contributed by atoms with E-state index in [-0.39, 0.29) is 12.1 Å². The van der Waals surface area contributed by atoms with E-state index >= 15 is 0 Å². The fourth-order valence-corrected chi connectivity index (χ4v) is 2.98. The fraction of sp³-hybridized carbons (Fsp3) is 0.353. The summed E-state index contributed by atoms with van der Waals surface area (Å²) in [6.45, 7) is 0.844. The van der Waals surface area contributed by atoms with Crippen LogP contribution in [0, 0.1) is 0 Å². The van der Waals surface area contributed by atoms with Gasteiger partial charge in [0.2, 0.25) is 5.43 Å². The van der Waals surface area contributed by atoms with Crippen LogP contribution < -0.4 is 10.2 Å². The molecule has 0 bridgehead atoms. The van der Waals surface area contributed by atoms with Crippen molar-refractivity contribution in [1.29, 1.82) is 0 Å². The second kappa shape index (κ2) is 6.56. The number of rotatable bonds is 3. The van der Waals surface area contributed by atoms with Gasteiger partial charge in [-0.1, -0.05) is 0 Å². The lowest BCUT2D eigenvalue weighted by Gasteiger charge is -2.37. The standard InChI is InChI=1S/C17H19N3O5/c1-19-5-6-20(9-14(19)17(23)24)16(22)12-8-18-13-4-3-10(25-2)7-11(13)15(12)21/h3-4,7-8,14H,5-6,9H2,1-2H3,(H,18,21)(H,23,24). The third-order valence-corrected chi connectivity index (χ3v) is 4.54. The molecule has 0 radical (unpaired) electrons. The molecule has 1 saturated heterocycles. The molecule has 0 spiro atoms. The Morgan fingerprint density at radius 2 is 2.08 bits per heavy atom. The van der Waals surface area contributed by atoms with Gasteiger partial charge < -0.3 is 19.7 Å². The number of hydrogen-bond donors (Lipinski definition) is 2. The lowest BCUT2D eigenvalue weighted by molar-refractivity contribution is -0.144. The molecule has 132 valence electrons. The van der Waals surface area contributed by atoms with Gasteiger partial charge in [0, 0.05) is 36.7 Å². The summed E-state index contributed by atoms with van der Waals surface area (Å²) in [6, 6.07) is 4.23. The van der Waals surface area contributed by atoms with Crippen LogP contribution >= 0.6 is 0 Å². The molecule has 2 N–H and O–H groups in total. The summed E-state index contributed by atoms with van der Waals surface area (Å²) in [5.74, 6) is -0.935. The highest BCUT2D eigenvalue weighted by Gasteiger charge is 2.33. The monoisotopic (exact) mass is 345 g/mol. The summed E-state index contributed by atoms with van der Waals surface area (Å²) >= 11 is 0. The molecule has 1 atom stereocenters. The lowest BCUT2D eigenvalue weighted by Crippen LogP contribution is -2.56. The molecule has 1 aromatic carbocycles. The molecule has 1 fully saturated rings. The topological polar surface area (TPSA) is 103 Å². The smallest absolute Gasteiger partial charge is 0.322 e. The summed E-state index contributed by atoms with van der Waals surface area (Å²) in [5, 5.41) is 9.63. The second-order valence-corrected chi connectivity index (χ2v) is 6.03. The van der Waals surface area contributed by atoms with Gasteiger partial charge in [-0.05, 0) is 25.2 Å². The number of nitrogens with one attached hydrogen (secondary N) is 1. The van der Waals surface area contributed by atoms with Crippen LogP contribution in [0.2, 0.25) is 0 Å². The third kappa shape index (κ3) is 3.08. The summed E-state index contributed by atoms with van der Waals surface area (Å²) in [7, 11) is 3.20.